The molecule has 1 N–H and O–H groups in total. The molecule has 1 fully saturated rings. The third-order valence-corrected chi connectivity index (χ3v) is 6.25. The van der Waals surface area contributed by atoms with E-state index in [1.54, 1.807) is 21.9 Å². The summed E-state index contributed by atoms with van der Waals surface area (Å²) in [5, 5.41) is 2.41. The molecule has 4 rings (SSSR count). The molecule has 1 aliphatic heterocycles. The van der Waals surface area contributed by atoms with Crippen LogP contribution in [0, 0.1) is 0 Å². The second kappa shape index (κ2) is 10.6. The Bertz CT molecular complexity index is 1320. The van der Waals surface area contributed by atoms with E-state index >= 15 is 0 Å². The van der Waals surface area contributed by atoms with Crippen molar-refractivity contribution in [1.82, 2.24) is 4.98 Å². The largest absolute Gasteiger partial charge is 0.497 e. The van der Waals surface area contributed by atoms with Crippen molar-refractivity contribution < 1.29 is 35.9 Å². The van der Waals surface area contributed by atoms with Crippen molar-refractivity contribution in [3.8, 4) is 5.75 Å². The van der Waals surface area contributed by atoms with Crippen LogP contribution in [-0.4, -0.2) is 44.2 Å². The molecule has 0 aliphatic carbocycles. The average Bonchev–Trinajstić information content (AvgIpc) is 2.88. The summed E-state index contributed by atoms with van der Waals surface area (Å²) in [7, 11) is 1.43. The van der Waals surface area contributed by atoms with E-state index in [0.29, 0.717) is 17.6 Å². The van der Waals surface area contributed by atoms with Crippen molar-refractivity contribution in [3.05, 3.63) is 76.4 Å². The lowest BCUT2D eigenvalue weighted by molar-refractivity contribution is -0.138. The van der Waals surface area contributed by atoms with Crippen LogP contribution in [0.15, 0.2) is 54.7 Å². The zero-order chi connectivity index (χ0) is 27.7. The number of nitrogens with one attached hydrogen (secondary N) is 1. The molecule has 1 aromatic heterocycles. The second-order valence-electron chi connectivity index (χ2n) is 8.42. The van der Waals surface area contributed by atoms with Crippen LogP contribution in [0.4, 0.5) is 43.5 Å². The Labute approximate surface area is 218 Å². The van der Waals surface area contributed by atoms with Crippen LogP contribution in [0.1, 0.15) is 21.5 Å². The summed E-state index contributed by atoms with van der Waals surface area (Å²) in [6.07, 6.45) is -8.50. The predicted molar refractivity (Wildman–Crippen MR) is 131 cm³/mol. The van der Waals surface area contributed by atoms with Gasteiger partial charge in [0.25, 0.3) is 5.91 Å². The van der Waals surface area contributed by atoms with Gasteiger partial charge in [0, 0.05) is 37.9 Å². The molecule has 1 amide bonds. The highest BCUT2D eigenvalue weighted by molar-refractivity contribution is 6.33. The number of anilines is 3. The number of ether oxygens (including phenoxy) is 1. The summed E-state index contributed by atoms with van der Waals surface area (Å²) in [5.74, 6) is -0.0318. The van der Waals surface area contributed by atoms with Crippen molar-refractivity contribution in [1.29, 1.82) is 0 Å². The summed E-state index contributed by atoms with van der Waals surface area (Å²) < 4.78 is 84.2. The molecule has 0 unspecified atom stereocenters. The molecular weight excluding hydrogens is 538 g/mol. The van der Waals surface area contributed by atoms with Crippen molar-refractivity contribution >= 4 is 34.7 Å². The maximum Gasteiger partial charge on any atom is 0.417 e. The summed E-state index contributed by atoms with van der Waals surface area (Å²) in [6.45, 7) is 1.13. The number of methoxy groups -OCH3 is 1. The normalized spacial score (nSPS) is 14.4. The SMILES string of the molecule is COc1cccc(C(=O)Nc2cc(C(F)(F)F)ccc2N2CCN(c3ncc(C(F)(F)F)cc3Cl)CC2)c1. The summed E-state index contributed by atoms with van der Waals surface area (Å²) in [5.41, 5.74) is -1.37. The smallest absolute Gasteiger partial charge is 0.417 e. The fourth-order valence-corrected chi connectivity index (χ4v) is 4.31. The van der Waals surface area contributed by atoms with Gasteiger partial charge < -0.3 is 19.9 Å². The molecule has 202 valence electrons. The van der Waals surface area contributed by atoms with Crippen molar-refractivity contribution in [3.63, 3.8) is 0 Å². The maximum atomic E-state index is 13.4. The van der Waals surface area contributed by atoms with E-state index in [-0.39, 0.29) is 48.3 Å². The summed E-state index contributed by atoms with van der Waals surface area (Å²) >= 11 is 6.06. The van der Waals surface area contributed by atoms with Gasteiger partial charge >= 0.3 is 12.4 Å². The summed E-state index contributed by atoms with van der Waals surface area (Å²) in [4.78, 5) is 20.2. The van der Waals surface area contributed by atoms with Crippen LogP contribution >= 0.6 is 11.6 Å². The Morgan fingerprint density at radius 1 is 0.921 bits per heavy atom. The van der Waals surface area contributed by atoms with Crippen LogP contribution in [0.3, 0.4) is 0 Å². The highest BCUT2D eigenvalue weighted by atomic mass is 35.5. The van der Waals surface area contributed by atoms with Crippen LogP contribution in [0.25, 0.3) is 0 Å². The van der Waals surface area contributed by atoms with Crippen molar-refractivity contribution in [2.24, 2.45) is 0 Å². The van der Waals surface area contributed by atoms with E-state index < -0.39 is 29.4 Å². The van der Waals surface area contributed by atoms with Gasteiger partial charge in [-0.05, 0) is 42.5 Å². The van der Waals surface area contributed by atoms with E-state index in [2.05, 4.69) is 10.3 Å². The first kappa shape index (κ1) is 27.4. The Morgan fingerprint density at radius 3 is 2.18 bits per heavy atom. The monoisotopic (exact) mass is 558 g/mol. The number of pyridine rings is 1. The molecule has 0 bridgehead atoms. The molecule has 3 aromatic rings. The molecule has 13 heteroatoms. The molecule has 2 aromatic carbocycles. The van der Waals surface area contributed by atoms with Gasteiger partial charge in [-0.3, -0.25) is 4.79 Å². The average molecular weight is 559 g/mol. The zero-order valence-electron chi connectivity index (χ0n) is 19.8. The number of carbonyl (C=O) groups is 1. The van der Waals surface area contributed by atoms with E-state index in [9.17, 15) is 31.1 Å². The Morgan fingerprint density at radius 2 is 1.58 bits per heavy atom. The molecule has 6 nitrogen and oxygen atoms in total. The van der Waals surface area contributed by atoms with Crippen molar-refractivity contribution in [2.75, 3.05) is 48.4 Å². The molecule has 1 saturated heterocycles. The minimum atomic E-state index is -4.63. The highest BCUT2D eigenvalue weighted by Crippen LogP contribution is 2.37. The van der Waals surface area contributed by atoms with Gasteiger partial charge in [0.1, 0.15) is 11.6 Å². The van der Waals surface area contributed by atoms with E-state index in [1.165, 1.54) is 25.3 Å². The second-order valence-corrected chi connectivity index (χ2v) is 8.82. The number of alkyl halides is 6. The minimum Gasteiger partial charge on any atom is -0.497 e. The van der Waals surface area contributed by atoms with E-state index in [0.717, 1.165) is 18.2 Å². The van der Waals surface area contributed by atoms with Gasteiger partial charge in [-0.15, -0.1) is 0 Å². The predicted octanol–water partition coefficient (Wildman–Crippen LogP) is 6.36. The van der Waals surface area contributed by atoms with Gasteiger partial charge in [0.05, 0.1) is 34.6 Å². The first-order valence-corrected chi connectivity index (χ1v) is 11.6. The standard InChI is InChI=1S/C25H21ClF6N4O2/c1-38-18-4-2-3-15(11-18)23(37)34-20-13-16(24(27,28)29)5-6-21(20)35-7-9-36(10-8-35)22-19(26)12-17(14-33-22)25(30,31)32/h2-6,11-14H,7-10H2,1H3,(H,34,37). The number of hydrogen-bond donors (Lipinski definition) is 1. The number of aromatic nitrogens is 1. The lowest BCUT2D eigenvalue weighted by Crippen LogP contribution is -2.47. The van der Waals surface area contributed by atoms with Gasteiger partial charge in [0.15, 0.2) is 0 Å². The zero-order valence-corrected chi connectivity index (χ0v) is 20.6. The van der Waals surface area contributed by atoms with E-state index in [1.807, 2.05) is 0 Å². The quantitative estimate of drug-likeness (QED) is 0.369. The molecule has 0 spiro atoms. The van der Waals surface area contributed by atoms with Crippen molar-refractivity contribution in [2.45, 2.75) is 12.4 Å². The molecular formula is C25H21ClF6N4O2. The molecule has 2 heterocycles. The van der Waals surface area contributed by atoms with Crippen LogP contribution in [0.5, 0.6) is 5.75 Å². The number of rotatable bonds is 5. The topological polar surface area (TPSA) is 57.7 Å². The molecule has 38 heavy (non-hydrogen) atoms. The fourth-order valence-electron chi connectivity index (χ4n) is 4.02. The first-order valence-electron chi connectivity index (χ1n) is 11.3. The molecule has 0 atom stereocenters. The number of benzene rings is 2. The third kappa shape index (κ3) is 6.07. The number of carbonyl (C=O) groups excluding carboxylic acids is 1. The molecule has 0 saturated carbocycles. The molecule has 1 aliphatic rings. The lowest BCUT2D eigenvalue weighted by atomic mass is 10.1. The van der Waals surface area contributed by atoms with E-state index in [4.69, 9.17) is 16.3 Å². The number of nitrogens with zero attached hydrogens (tertiary/aromatic N) is 3. The van der Waals surface area contributed by atoms with Gasteiger partial charge in [-0.1, -0.05) is 17.7 Å². The number of hydrogen-bond acceptors (Lipinski definition) is 5. The summed E-state index contributed by atoms with van der Waals surface area (Å²) in [6, 6.07) is 10.1. The first-order chi connectivity index (χ1) is 17.9. The fraction of sp³-hybridized carbons (Fsp3) is 0.280. The maximum absolute atomic E-state index is 13.4. The Hall–Kier alpha value is -3.67. The molecule has 0 radical (unpaired) electrons. The third-order valence-electron chi connectivity index (χ3n) is 5.97. The van der Waals surface area contributed by atoms with Crippen LogP contribution < -0.4 is 19.9 Å². The Balaban J connectivity index is 1.56. The van der Waals surface area contributed by atoms with Crippen LogP contribution in [0.2, 0.25) is 5.02 Å². The number of halogens is 7. The Kier molecular flexibility index (Phi) is 7.63. The minimum absolute atomic E-state index is 0.0354. The highest BCUT2D eigenvalue weighted by Gasteiger charge is 2.34. The van der Waals surface area contributed by atoms with Crippen LogP contribution in [-0.2, 0) is 12.4 Å². The van der Waals surface area contributed by atoms with Gasteiger partial charge in [-0.2, -0.15) is 26.3 Å². The van der Waals surface area contributed by atoms with Gasteiger partial charge in [0.2, 0.25) is 0 Å². The van der Waals surface area contributed by atoms with Gasteiger partial charge in [-0.25, -0.2) is 4.98 Å². The number of amides is 1. The lowest BCUT2D eigenvalue weighted by Gasteiger charge is -2.38. The number of piperazine rings is 1.